The number of furan rings is 1. The highest BCUT2D eigenvalue weighted by molar-refractivity contribution is 5.83. The maximum Gasteiger partial charge on any atom is 0.176 e. The molecule has 20 heavy (non-hydrogen) atoms. The van der Waals surface area contributed by atoms with E-state index in [4.69, 9.17) is 9.15 Å². The first-order valence-electron chi connectivity index (χ1n) is 7.55. The van der Waals surface area contributed by atoms with E-state index in [2.05, 4.69) is 24.4 Å². The quantitative estimate of drug-likeness (QED) is 0.910. The highest BCUT2D eigenvalue weighted by Crippen LogP contribution is 2.29. The fourth-order valence-electron chi connectivity index (χ4n) is 3.20. The predicted molar refractivity (Wildman–Crippen MR) is 81.0 cm³/mol. The molecule has 1 aromatic heterocycles. The first-order valence-corrected chi connectivity index (χ1v) is 7.55. The minimum absolute atomic E-state index is 0.633. The van der Waals surface area contributed by atoms with Gasteiger partial charge in [0.1, 0.15) is 5.76 Å². The fraction of sp³-hybridized carbons (Fsp3) is 0.529. The van der Waals surface area contributed by atoms with Gasteiger partial charge in [0.2, 0.25) is 0 Å². The molecule has 108 valence electrons. The van der Waals surface area contributed by atoms with Crippen molar-refractivity contribution >= 4 is 11.0 Å². The van der Waals surface area contributed by atoms with Gasteiger partial charge in [-0.25, -0.2) is 0 Å². The van der Waals surface area contributed by atoms with Crippen molar-refractivity contribution in [3.63, 3.8) is 0 Å². The van der Waals surface area contributed by atoms with Gasteiger partial charge in [-0.3, -0.25) is 0 Å². The van der Waals surface area contributed by atoms with Crippen LogP contribution in [-0.2, 0) is 6.54 Å². The van der Waals surface area contributed by atoms with Crippen LogP contribution in [0.3, 0.4) is 0 Å². The number of benzene rings is 1. The molecule has 1 aliphatic rings. The van der Waals surface area contributed by atoms with Crippen molar-refractivity contribution in [2.75, 3.05) is 7.11 Å². The molecule has 0 aliphatic heterocycles. The van der Waals surface area contributed by atoms with Crippen molar-refractivity contribution in [1.82, 2.24) is 5.32 Å². The van der Waals surface area contributed by atoms with Crippen LogP contribution in [0.4, 0.5) is 0 Å². The maximum absolute atomic E-state index is 5.92. The van der Waals surface area contributed by atoms with Crippen molar-refractivity contribution in [1.29, 1.82) is 0 Å². The summed E-state index contributed by atoms with van der Waals surface area (Å²) in [5.74, 6) is 2.64. The molecule has 3 rings (SSSR count). The van der Waals surface area contributed by atoms with Gasteiger partial charge in [0, 0.05) is 11.4 Å². The van der Waals surface area contributed by atoms with E-state index in [1.165, 1.54) is 25.7 Å². The Morgan fingerprint density at radius 3 is 3.05 bits per heavy atom. The molecule has 1 heterocycles. The topological polar surface area (TPSA) is 34.4 Å². The molecule has 1 N–H and O–H groups in total. The first-order chi connectivity index (χ1) is 9.76. The molecule has 0 amide bonds. The Hall–Kier alpha value is -1.48. The van der Waals surface area contributed by atoms with Gasteiger partial charge in [0.05, 0.1) is 13.7 Å². The van der Waals surface area contributed by atoms with Crippen molar-refractivity contribution in [2.24, 2.45) is 5.92 Å². The number of hydrogen-bond acceptors (Lipinski definition) is 3. The Morgan fingerprint density at radius 2 is 2.25 bits per heavy atom. The average Bonchev–Trinajstić information content (AvgIpc) is 2.88. The standard InChI is InChI=1S/C17H23NO2/c1-12-5-3-7-14(9-12)18-11-15-10-13-6-4-8-16(19-2)17(13)20-15/h4,6,8,10,12,14,18H,3,5,7,9,11H2,1-2H3. The largest absolute Gasteiger partial charge is 0.493 e. The molecule has 0 bridgehead atoms. The third kappa shape index (κ3) is 2.83. The van der Waals surface area contributed by atoms with E-state index in [-0.39, 0.29) is 0 Å². The number of hydrogen-bond donors (Lipinski definition) is 1. The van der Waals surface area contributed by atoms with Gasteiger partial charge in [-0.1, -0.05) is 31.9 Å². The molecular weight excluding hydrogens is 250 g/mol. The van der Waals surface area contributed by atoms with E-state index in [1.807, 2.05) is 12.1 Å². The summed E-state index contributed by atoms with van der Waals surface area (Å²) in [5.41, 5.74) is 0.851. The molecule has 1 fully saturated rings. The third-order valence-electron chi connectivity index (χ3n) is 4.28. The lowest BCUT2D eigenvalue weighted by molar-refractivity contribution is 0.294. The molecule has 0 spiro atoms. The van der Waals surface area contributed by atoms with Gasteiger partial charge in [-0.05, 0) is 30.9 Å². The number of fused-ring (bicyclic) bond motifs is 1. The molecule has 3 nitrogen and oxygen atoms in total. The van der Waals surface area contributed by atoms with Crippen molar-refractivity contribution < 1.29 is 9.15 Å². The zero-order valence-corrected chi connectivity index (χ0v) is 12.3. The molecule has 1 saturated carbocycles. The molecule has 1 aliphatic carbocycles. The molecule has 2 aromatic rings. The van der Waals surface area contributed by atoms with Crippen LogP contribution in [0, 0.1) is 5.92 Å². The summed E-state index contributed by atoms with van der Waals surface area (Å²) in [6.45, 7) is 3.15. The van der Waals surface area contributed by atoms with Gasteiger partial charge in [0.25, 0.3) is 0 Å². The number of ether oxygens (including phenoxy) is 1. The van der Waals surface area contributed by atoms with E-state index < -0.39 is 0 Å². The lowest BCUT2D eigenvalue weighted by atomic mass is 9.87. The summed E-state index contributed by atoms with van der Waals surface area (Å²) in [6, 6.07) is 8.74. The number of para-hydroxylation sites is 1. The summed E-state index contributed by atoms with van der Waals surface area (Å²) >= 11 is 0. The molecule has 1 aromatic carbocycles. The zero-order valence-electron chi connectivity index (χ0n) is 12.3. The number of rotatable bonds is 4. The van der Waals surface area contributed by atoms with E-state index >= 15 is 0 Å². The zero-order chi connectivity index (χ0) is 13.9. The molecule has 3 heteroatoms. The lowest BCUT2D eigenvalue weighted by Gasteiger charge is -2.27. The first kappa shape index (κ1) is 13.5. The Kier molecular flexibility index (Phi) is 3.97. The van der Waals surface area contributed by atoms with Crippen LogP contribution in [0.1, 0.15) is 38.4 Å². The lowest BCUT2D eigenvalue weighted by Crippen LogP contribution is -2.32. The third-order valence-corrected chi connectivity index (χ3v) is 4.28. The second-order valence-electron chi connectivity index (χ2n) is 5.94. The van der Waals surface area contributed by atoms with E-state index in [1.54, 1.807) is 7.11 Å². The number of methoxy groups -OCH3 is 1. The summed E-state index contributed by atoms with van der Waals surface area (Å²) in [7, 11) is 1.68. The van der Waals surface area contributed by atoms with Crippen LogP contribution in [0.25, 0.3) is 11.0 Å². The van der Waals surface area contributed by atoms with Gasteiger partial charge in [-0.2, -0.15) is 0 Å². The maximum atomic E-state index is 5.92. The van der Waals surface area contributed by atoms with Gasteiger partial charge < -0.3 is 14.5 Å². The summed E-state index contributed by atoms with van der Waals surface area (Å²) in [5, 5.41) is 4.74. The van der Waals surface area contributed by atoms with E-state index in [0.29, 0.717) is 6.04 Å². The normalized spacial score (nSPS) is 23.1. The molecule has 0 radical (unpaired) electrons. The average molecular weight is 273 g/mol. The Bertz CT molecular complexity index is 575. The van der Waals surface area contributed by atoms with Gasteiger partial charge in [-0.15, -0.1) is 0 Å². The molecule has 2 atom stereocenters. The smallest absolute Gasteiger partial charge is 0.176 e. The SMILES string of the molecule is COc1cccc2cc(CNC3CCCC(C)C3)oc12. The number of nitrogens with one attached hydrogen (secondary N) is 1. The second kappa shape index (κ2) is 5.88. The Labute approximate surface area is 120 Å². The predicted octanol–water partition coefficient (Wildman–Crippen LogP) is 4.11. The minimum Gasteiger partial charge on any atom is -0.493 e. The van der Waals surface area contributed by atoms with Crippen LogP contribution in [0.15, 0.2) is 28.7 Å². The fourth-order valence-corrected chi connectivity index (χ4v) is 3.20. The molecular formula is C17H23NO2. The summed E-state index contributed by atoms with van der Waals surface area (Å²) in [4.78, 5) is 0. The van der Waals surface area contributed by atoms with E-state index in [9.17, 15) is 0 Å². The van der Waals surface area contributed by atoms with Crippen LogP contribution in [0.2, 0.25) is 0 Å². The molecule has 2 unspecified atom stereocenters. The van der Waals surface area contributed by atoms with Crippen molar-refractivity contribution in [3.05, 3.63) is 30.0 Å². The van der Waals surface area contributed by atoms with Gasteiger partial charge in [0.15, 0.2) is 11.3 Å². The second-order valence-corrected chi connectivity index (χ2v) is 5.94. The monoisotopic (exact) mass is 273 g/mol. The van der Waals surface area contributed by atoms with Crippen LogP contribution in [-0.4, -0.2) is 13.2 Å². The van der Waals surface area contributed by atoms with Crippen molar-refractivity contribution in [3.8, 4) is 5.75 Å². The summed E-state index contributed by atoms with van der Waals surface area (Å²) < 4.78 is 11.3. The van der Waals surface area contributed by atoms with Crippen LogP contribution >= 0.6 is 0 Å². The van der Waals surface area contributed by atoms with Crippen LogP contribution in [0.5, 0.6) is 5.75 Å². The Morgan fingerprint density at radius 1 is 1.35 bits per heavy atom. The molecule has 0 saturated heterocycles. The Balaban J connectivity index is 1.68. The summed E-state index contributed by atoms with van der Waals surface area (Å²) in [6.07, 6.45) is 5.28. The van der Waals surface area contributed by atoms with Gasteiger partial charge >= 0.3 is 0 Å². The highest BCUT2D eigenvalue weighted by atomic mass is 16.5. The van der Waals surface area contributed by atoms with E-state index in [0.717, 1.165) is 34.9 Å². The minimum atomic E-state index is 0.633. The highest BCUT2D eigenvalue weighted by Gasteiger charge is 2.18. The van der Waals surface area contributed by atoms with Crippen LogP contribution < -0.4 is 10.1 Å². The van der Waals surface area contributed by atoms with Crippen molar-refractivity contribution in [2.45, 2.75) is 45.2 Å².